The van der Waals surface area contributed by atoms with Crippen molar-refractivity contribution in [3.63, 3.8) is 0 Å². The van der Waals surface area contributed by atoms with E-state index in [0.29, 0.717) is 34.7 Å². The Morgan fingerprint density at radius 3 is 2.39 bits per heavy atom. The molecule has 0 unspecified atom stereocenters. The Hall–Kier alpha value is -2.93. The van der Waals surface area contributed by atoms with E-state index in [4.69, 9.17) is 25.6 Å². The van der Waals surface area contributed by atoms with Crippen molar-refractivity contribution in [3.8, 4) is 11.5 Å². The molecule has 3 aliphatic carbocycles. The molecule has 0 atom stereocenters. The zero-order chi connectivity index (χ0) is 21.5. The zero-order valence-electron chi connectivity index (χ0n) is 16.6. The molecule has 1 aromatic heterocycles. The lowest BCUT2D eigenvalue weighted by atomic mass is 9.34. The first-order valence-electron chi connectivity index (χ1n) is 10.1. The first-order valence-corrected chi connectivity index (χ1v) is 10.4. The molecule has 3 saturated carbocycles. The molecule has 2 aromatic carbocycles. The second-order valence-electron chi connectivity index (χ2n) is 8.53. The molecule has 1 heterocycles. The molecule has 3 aliphatic rings. The number of halogens is 2. The first kappa shape index (κ1) is 20.0. The Morgan fingerprint density at radius 1 is 1.03 bits per heavy atom. The van der Waals surface area contributed by atoms with E-state index < -0.39 is 0 Å². The first-order chi connectivity index (χ1) is 14.9. The van der Waals surface area contributed by atoms with Crippen LogP contribution in [-0.4, -0.2) is 22.5 Å². The van der Waals surface area contributed by atoms with E-state index in [1.165, 1.54) is 24.3 Å². The van der Waals surface area contributed by atoms with Crippen molar-refractivity contribution in [1.29, 1.82) is 0 Å². The van der Waals surface area contributed by atoms with Gasteiger partial charge in [-0.05, 0) is 73.2 Å². The highest BCUT2D eigenvalue weighted by molar-refractivity contribution is 6.30. The molecular weight excluding hydrogens is 423 g/mol. The summed E-state index contributed by atoms with van der Waals surface area (Å²) in [6, 6.07) is 12.7. The van der Waals surface area contributed by atoms with E-state index in [0.717, 1.165) is 19.3 Å². The molecule has 8 heteroatoms. The van der Waals surface area contributed by atoms with Crippen LogP contribution in [0.15, 0.2) is 53.1 Å². The summed E-state index contributed by atoms with van der Waals surface area (Å²) in [5, 5.41) is 4.67. The number of carbonyl (C=O) groups excluding carboxylic acids is 1. The maximum atomic E-state index is 12.9. The SMILES string of the molecule is O=C(COc1ccc(F)cc1)CC12CC(c3nc(COc4ccc(Cl)cc4)no3)(C1)C2. The van der Waals surface area contributed by atoms with Crippen LogP contribution < -0.4 is 9.47 Å². The third-order valence-electron chi connectivity index (χ3n) is 6.03. The Labute approximate surface area is 183 Å². The van der Waals surface area contributed by atoms with Crippen molar-refractivity contribution in [3.05, 3.63) is 71.1 Å². The number of rotatable bonds is 9. The molecule has 0 spiro atoms. The van der Waals surface area contributed by atoms with Crippen LogP contribution in [0.5, 0.6) is 11.5 Å². The average molecular weight is 443 g/mol. The van der Waals surface area contributed by atoms with E-state index in [1.54, 1.807) is 24.3 Å². The lowest BCUT2D eigenvalue weighted by Crippen LogP contribution is -2.65. The van der Waals surface area contributed by atoms with Gasteiger partial charge in [-0.15, -0.1) is 0 Å². The minimum atomic E-state index is -0.335. The lowest BCUT2D eigenvalue weighted by molar-refractivity contribution is -0.168. The number of hydrogen-bond acceptors (Lipinski definition) is 6. The molecule has 0 radical (unpaired) electrons. The predicted molar refractivity (Wildman–Crippen MR) is 110 cm³/mol. The van der Waals surface area contributed by atoms with E-state index in [1.807, 2.05) is 0 Å². The van der Waals surface area contributed by atoms with Gasteiger partial charge in [0.05, 0.1) is 5.41 Å². The van der Waals surface area contributed by atoms with Gasteiger partial charge in [-0.2, -0.15) is 4.98 Å². The van der Waals surface area contributed by atoms with Crippen molar-refractivity contribution in [1.82, 2.24) is 10.1 Å². The van der Waals surface area contributed by atoms with Crippen molar-refractivity contribution in [2.24, 2.45) is 5.41 Å². The molecule has 6 nitrogen and oxygen atoms in total. The quantitative estimate of drug-likeness (QED) is 0.469. The Balaban J connectivity index is 1.09. The molecule has 3 aromatic rings. The van der Waals surface area contributed by atoms with Gasteiger partial charge in [0.2, 0.25) is 11.7 Å². The van der Waals surface area contributed by atoms with Gasteiger partial charge in [0.15, 0.2) is 12.4 Å². The molecule has 0 aliphatic heterocycles. The fourth-order valence-corrected chi connectivity index (χ4v) is 4.91. The Kier molecular flexibility index (Phi) is 4.93. The van der Waals surface area contributed by atoms with Gasteiger partial charge in [0.25, 0.3) is 0 Å². The highest BCUT2D eigenvalue weighted by Crippen LogP contribution is 2.74. The summed E-state index contributed by atoms with van der Waals surface area (Å²) in [5.41, 5.74) is -0.0959. The molecule has 6 rings (SSSR count). The molecule has 0 N–H and O–H groups in total. The molecule has 0 amide bonds. The van der Waals surface area contributed by atoms with E-state index in [2.05, 4.69) is 10.1 Å². The number of benzene rings is 2. The van der Waals surface area contributed by atoms with Crippen LogP contribution in [0.1, 0.15) is 37.4 Å². The summed E-state index contributed by atoms with van der Waals surface area (Å²) in [6.45, 7) is 0.207. The van der Waals surface area contributed by atoms with E-state index in [-0.39, 0.29) is 35.6 Å². The third-order valence-corrected chi connectivity index (χ3v) is 6.28. The number of aromatic nitrogens is 2. The maximum absolute atomic E-state index is 12.9. The second-order valence-corrected chi connectivity index (χ2v) is 8.96. The molecule has 31 heavy (non-hydrogen) atoms. The normalized spacial score (nSPS) is 23.5. The summed E-state index contributed by atoms with van der Waals surface area (Å²) in [5.74, 6) is 2.00. The summed E-state index contributed by atoms with van der Waals surface area (Å²) >= 11 is 5.87. The van der Waals surface area contributed by atoms with Crippen LogP contribution in [0.3, 0.4) is 0 Å². The second kappa shape index (κ2) is 7.64. The van der Waals surface area contributed by atoms with Crippen LogP contribution in [-0.2, 0) is 16.8 Å². The van der Waals surface area contributed by atoms with Crippen molar-refractivity contribution in [2.75, 3.05) is 6.61 Å². The Bertz CT molecular complexity index is 1080. The molecule has 0 saturated heterocycles. The zero-order valence-corrected chi connectivity index (χ0v) is 17.4. The molecular formula is C23H20ClFN2O4. The molecule has 3 fully saturated rings. The average Bonchev–Trinajstić information content (AvgIpc) is 3.17. The Morgan fingerprint density at radius 2 is 1.68 bits per heavy atom. The van der Waals surface area contributed by atoms with Gasteiger partial charge in [-0.25, -0.2) is 4.39 Å². The molecule has 160 valence electrons. The standard InChI is InChI=1S/C23H20ClFN2O4/c24-15-1-5-18(6-2-15)30-11-20-26-21(31-27-20)23-12-22(13-23,14-23)9-17(28)10-29-19-7-3-16(25)4-8-19/h1-8H,9-14H2. The van der Waals surface area contributed by atoms with Crippen molar-refractivity contribution >= 4 is 17.4 Å². The number of ketones is 1. The van der Waals surface area contributed by atoms with Crippen LogP contribution in [0.2, 0.25) is 5.02 Å². The van der Waals surface area contributed by atoms with Gasteiger partial charge >= 0.3 is 0 Å². The fourth-order valence-electron chi connectivity index (χ4n) is 4.78. The largest absolute Gasteiger partial charge is 0.486 e. The van der Waals surface area contributed by atoms with Crippen molar-refractivity contribution in [2.45, 2.75) is 37.7 Å². The van der Waals surface area contributed by atoms with Crippen LogP contribution in [0, 0.1) is 11.2 Å². The van der Waals surface area contributed by atoms with Gasteiger partial charge in [0.1, 0.15) is 23.9 Å². The smallest absolute Gasteiger partial charge is 0.233 e. The van der Waals surface area contributed by atoms with Gasteiger partial charge in [-0.3, -0.25) is 4.79 Å². The highest BCUT2D eigenvalue weighted by Gasteiger charge is 2.71. The summed E-state index contributed by atoms with van der Waals surface area (Å²) in [4.78, 5) is 16.8. The lowest BCUT2D eigenvalue weighted by Gasteiger charge is -2.68. The predicted octanol–water partition coefficient (Wildman–Crippen LogP) is 4.90. The van der Waals surface area contributed by atoms with E-state index in [9.17, 15) is 9.18 Å². The van der Waals surface area contributed by atoms with Gasteiger partial charge in [0, 0.05) is 11.4 Å². The summed E-state index contributed by atoms with van der Waals surface area (Å²) < 4.78 is 29.5. The summed E-state index contributed by atoms with van der Waals surface area (Å²) in [6.07, 6.45) is 3.06. The van der Waals surface area contributed by atoms with E-state index >= 15 is 0 Å². The minimum Gasteiger partial charge on any atom is -0.486 e. The number of ether oxygens (including phenoxy) is 2. The van der Waals surface area contributed by atoms with Crippen LogP contribution in [0.25, 0.3) is 0 Å². The van der Waals surface area contributed by atoms with Gasteiger partial charge < -0.3 is 14.0 Å². The fraction of sp³-hybridized carbons (Fsp3) is 0.348. The van der Waals surface area contributed by atoms with Gasteiger partial charge in [-0.1, -0.05) is 16.8 Å². The van der Waals surface area contributed by atoms with Crippen molar-refractivity contribution < 1.29 is 23.2 Å². The number of Topliss-reactive ketones (excluding diaryl/α,β-unsaturated/α-hetero) is 1. The molecule has 2 bridgehead atoms. The third kappa shape index (κ3) is 4.02. The number of hydrogen-bond donors (Lipinski definition) is 0. The highest BCUT2D eigenvalue weighted by atomic mass is 35.5. The van der Waals surface area contributed by atoms with Crippen LogP contribution >= 0.6 is 11.6 Å². The summed E-state index contributed by atoms with van der Waals surface area (Å²) in [7, 11) is 0. The number of carbonyl (C=O) groups is 1. The minimum absolute atomic E-state index is 0.00682. The van der Waals surface area contributed by atoms with Crippen LogP contribution in [0.4, 0.5) is 4.39 Å². The monoisotopic (exact) mass is 442 g/mol. The number of nitrogens with zero attached hydrogens (tertiary/aromatic N) is 2. The topological polar surface area (TPSA) is 74.5 Å². The maximum Gasteiger partial charge on any atom is 0.233 e.